The van der Waals surface area contributed by atoms with Crippen molar-refractivity contribution in [3.05, 3.63) is 65.7 Å². The first kappa shape index (κ1) is 20.6. The van der Waals surface area contributed by atoms with E-state index < -0.39 is 0 Å². The third-order valence-electron chi connectivity index (χ3n) is 5.89. The van der Waals surface area contributed by atoms with E-state index in [0.29, 0.717) is 19.5 Å². The van der Waals surface area contributed by atoms with Crippen molar-refractivity contribution >= 4 is 17.5 Å². The first-order valence-corrected chi connectivity index (χ1v) is 10.8. The Bertz CT molecular complexity index is 845. The molecule has 0 saturated carbocycles. The molecule has 0 unspecified atom stereocenters. The van der Waals surface area contributed by atoms with Gasteiger partial charge in [0.25, 0.3) is 0 Å². The van der Waals surface area contributed by atoms with Gasteiger partial charge in [0.15, 0.2) is 0 Å². The van der Waals surface area contributed by atoms with E-state index in [1.807, 2.05) is 35.2 Å². The van der Waals surface area contributed by atoms with Crippen molar-refractivity contribution in [2.24, 2.45) is 0 Å². The molecule has 1 N–H and O–H groups in total. The molecule has 0 bridgehead atoms. The van der Waals surface area contributed by atoms with E-state index in [9.17, 15) is 9.59 Å². The lowest BCUT2D eigenvalue weighted by Gasteiger charge is -2.34. The Morgan fingerprint density at radius 2 is 1.53 bits per heavy atom. The normalized spacial score (nSPS) is 18.0. The fourth-order valence-electron chi connectivity index (χ4n) is 4.12. The highest BCUT2D eigenvalue weighted by atomic mass is 16.2. The Morgan fingerprint density at radius 1 is 0.833 bits per heavy atom. The summed E-state index contributed by atoms with van der Waals surface area (Å²) in [4.78, 5) is 30.7. The van der Waals surface area contributed by atoms with Crippen molar-refractivity contribution < 1.29 is 9.59 Å². The molecule has 158 valence electrons. The van der Waals surface area contributed by atoms with E-state index in [-0.39, 0.29) is 11.8 Å². The molecule has 0 atom stereocenters. The fraction of sp³-hybridized carbons (Fsp3) is 0.417. The van der Waals surface area contributed by atoms with Gasteiger partial charge in [0.05, 0.1) is 6.54 Å². The maximum Gasteiger partial charge on any atom is 0.234 e. The van der Waals surface area contributed by atoms with Crippen LogP contribution in [0, 0.1) is 0 Å². The smallest absolute Gasteiger partial charge is 0.234 e. The molecule has 0 aliphatic carbocycles. The third-order valence-corrected chi connectivity index (χ3v) is 5.89. The Balaban J connectivity index is 1.17. The second-order valence-electron chi connectivity index (χ2n) is 8.13. The van der Waals surface area contributed by atoms with Gasteiger partial charge in [-0.3, -0.25) is 19.4 Å². The minimum Gasteiger partial charge on any atom is -0.351 e. The Hall–Kier alpha value is -2.70. The lowest BCUT2D eigenvalue weighted by Crippen LogP contribution is -2.49. The molecule has 2 aliphatic heterocycles. The van der Waals surface area contributed by atoms with Crippen LogP contribution in [0.25, 0.3) is 0 Å². The Kier molecular flexibility index (Phi) is 6.77. The van der Waals surface area contributed by atoms with Gasteiger partial charge in [-0.25, -0.2) is 0 Å². The molecule has 2 aliphatic rings. The first-order valence-electron chi connectivity index (χ1n) is 10.8. The second-order valence-corrected chi connectivity index (χ2v) is 8.13. The van der Waals surface area contributed by atoms with Crippen molar-refractivity contribution in [1.82, 2.24) is 15.1 Å². The van der Waals surface area contributed by atoms with Crippen molar-refractivity contribution in [1.29, 1.82) is 0 Å². The van der Waals surface area contributed by atoms with Crippen molar-refractivity contribution in [2.45, 2.75) is 25.9 Å². The highest BCUT2D eigenvalue weighted by molar-refractivity contribution is 5.95. The Morgan fingerprint density at radius 3 is 2.20 bits per heavy atom. The van der Waals surface area contributed by atoms with Gasteiger partial charge in [-0.1, -0.05) is 42.5 Å². The zero-order valence-corrected chi connectivity index (χ0v) is 17.4. The molecule has 2 amide bonds. The molecular weight excluding hydrogens is 376 g/mol. The van der Waals surface area contributed by atoms with Gasteiger partial charge >= 0.3 is 0 Å². The number of nitrogens with one attached hydrogen (secondary N) is 1. The third kappa shape index (κ3) is 5.46. The van der Waals surface area contributed by atoms with Gasteiger partial charge < -0.3 is 10.2 Å². The number of piperazine rings is 1. The van der Waals surface area contributed by atoms with Gasteiger partial charge in [0.1, 0.15) is 0 Å². The SMILES string of the molecule is O=C(CN1CCN(Cc2ccccc2)CC1)NCc1ccc(N2CCCC2=O)cc1. The molecule has 2 fully saturated rings. The molecule has 0 aromatic heterocycles. The van der Waals surface area contributed by atoms with E-state index in [0.717, 1.165) is 56.9 Å². The number of benzene rings is 2. The molecule has 2 heterocycles. The van der Waals surface area contributed by atoms with E-state index in [1.165, 1.54) is 5.56 Å². The van der Waals surface area contributed by atoms with Crippen molar-refractivity contribution in [3.63, 3.8) is 0 Å². The fourth-order valence-corrected chi connectivity index (χ4v) is 4.12. The standard InChI is InChI=1S/C24H30N4O2/c29-23(19-27-15-13-26(14-16-27)18-21-5-2-1-3-6-21)25-17-20-8-10-22(11-9-20)28-12-4-7-24(28)30/h1-3,5-6,8-11H,4,7,12-19H2,(H,25,29). The summed E-state index contributed by atoms with van der Waals surface area (Å²) in [5.74, 6) is 0.255. The maximum atomic E-state index is 12.4. The van der Waals surface area contributed by atoms with E-state index in [1.54, 1.807) is 0 Å². The topological polar surface area (TPSA) is 55.9 Å². The summed E-state index contributed by atoms with van der Waals surface area (Å²) in [6.07, 6.45) is 1.56. The van der Waals surface area contributed by atoms with E-state index >= 15 is 0 Å². The molecule has 0 radical (unpaired) electrons. The molecule has 6 heteroatoms. The molecule has 6 nitrogen and oxygen atoms in total. The van der Waals surface area contributed by atoms with Gasteiger partial charge in [-0.05, 0) is 29.7 Å². The Labute approximate surface area is 178 Å². The highest BCUT2D eigenvalue weighted by Crippen LogP contribution is 2.21. The van der Waals surface area contributed by atoms with Crippen LogP contribution in [0.4, 0.5) is 5.69 Å². The second kappa shape index (κ2) is 9.87. The molecular formula is C24H30N4O2. The number of nitrogens with zero attached hydrogens (tertiary/aromatic N) is 3. The average Bonchev–Trinajstić information content (AvgIpc) is 3.21. The molecule has 2 saturated heterocycles. The van der Waals surface area contributed by atoms with Gasteiger partial charge in [-0.15, -0.1) is 0 Å². The average molecular weight is 407 g/mol. The lowest BCUT2D eigenvalue weighted by molar-refractivity contribution is -0.123. The van der Waals surface area contributed by atoms with Crippen molar-refractivity contribution in [2.75, 3.05) is 44.2 Å². The lowest BCUT2D eigenvalue weighted by atomic mass is 10.2. The monoisotopic (exact) mass is 406 g/mol. The van der Waals surface area contributed by atoms with Crippen LogP contribution in [-0.2, 0) is 22.7 Å². The molecule has 4 rings (SSSR count). The quantitative estimate of drug-likeness (QED) is 0.766. The summed E-state index contributed by atoms with van der Waals surface area (Å²) in [5.41, 5.74) is 3.33. The maximum absolute atomic E-state index is 12.4. The predicted octanol–water partition coefficient (Wildman–Crippen LogP) is 2.25. The van der Waals surface area contributed by atoms with Crippen LogP contribution in [0.1, 0.15) is 24.0 Å². The number of carbonyl (C=O) groups is 2. The van der Waals surface area contributed by atoms with Crippen molar-refractivity contribution in [3.8, 4) is 0 Å². The first-order chi connectivity index (χ1) is 14.7. The number of carbonyl (C=O) groups excluding carboxylic acids is 2. The minimum absolute atomic E-state index is 0.0605. The zero-order valence-electron chi connectivity index (χ0n) is 17.4. The number of anilines is 1. The van der Waals surface area contributed by atoms with E-state index in [2.05, 4.69) is 39.4 Å². The largest absolute Gasteiger partial charge is 0.351 e. The number of amides is 2. The number of hydrogen-bond acceptors (Lipinski definition) is 4. The predicted molar refractivity (Wildman–Crippen MR) is 118 cm³/mol. The summed E-state index contributed by atoms with van der Waals surface area (Å²) in [6, 6.07) is 18.4. The van der Waals surface area contributed by atoms with Crippen LogP contribution >= 0.6 is 0 Å². The van der Waals surface area contributed by atoms with Gasteiger partial charge in [0, 0.05) is 57.9 Å². The number of hydrogen-bond donors (Lipinski definition) is 1. The molecule has 2 aromatic rings. The molecule has 30 heavy (non-hydrogen) atoms. The van der Waals surface area contributed by atoms with Crippen LogP contribution in [0.5, 0.6) is 0 Å². The van der Waals surface area contributed by atoms with Gasteiger partial charge in [0.2, 0.25) is 11.8 Å². The summed E-state index contributed by atoms with van der Waals surface area (Å²) < 4.78 is 0. The van der Waals surface area contributed by atoms with Crippen LogP contribution in [0.2, 0.25) is 0 Å². The van der Waals surface area contributed by atoms with Crippen LogP contribution in [0.3, 0.4) is 0 Å². The summed E-state index contributed by atoms with van der Waals surface area (Å²) in [5, 5.41) is 3.02. The van der Waals surface area contributed by atoms with Crippen LogP contribution in [0.15, 0.2) is 54.6 Å². The zero-order chi connectivity index (χ0) is 20.8. The summed E-state index contributed by atoms with van der Waals surface area (Å²) >= 11 is 0. The summed E-state index contributed by atoms with van der Waals surface area (Å²) in [6.45, 7) is 6.53. The number of rotatable bonds is 7. The van der Waals surface area contributed by atoms with Gasteiger partial charge in [-0.2, -0.15) is 0 Å². The minimum atomic E-state index is 0.0605. The summed E-state index contributed by atoms with van der Waals surface area (Å²) in [7, 11) is 0. The molecule has 2 aromatic carbocycles. The highest BCUT2D eigenvalue weighted by Gasteiger charge is 2.21. The molecule has 0 spiro atoms. The van der Waals surface area contributed by atoms with Crippen LogP contribution in [-0.4, -0.2) is 60.9 Å². The van der Waals surface area contributed by atoms with E-state index in [4.69, 9.17) is 0 Å². The van der Waals surface area contributed by atoms with Crippen LogP contribution < -0.4 is 10.2 Å².